The summed E-state index contributed by atoms with van der Waals surface area (Å²) < 4.78 is 7.09. The molecule has 2 N–H and O–H groups in total. The molecule has 0 saturated heterocycles. The second-order valence-corrected chi connectivity index (χ2v) is 5.63. The number of aromatic nitrogens is 4. The highest BCUT2D eigenvalue weighted by molar-refractivity contribution is 5.90. The largest absolute Gasteiger partial charge is 0.497 e. The van der Waals surface area contributed by atoms with Gasteiger partial charge in [-0.25, -0.2) is 4.68 Å². The van der Waals surface area contributed by atoms with Gasteiger partial charge in [-0.15, -0.1) is 0 Å². The van der Waals surface area contributed by atoms with Gasteiger partial charge in [0.1, 0.15) is 11.6 Å². The third kappa shape index (κ3) is 2.90. The van der Waals surface area contributed by atoms with Crippen LogP contribution in [0.2, 0.25) is 0 Å². The van der Waals surface area contributed by atoms with E-state index in [0.29, 0.717) is 11.8 Å². The zero-order valence-corrected chi connectivity index (χ0v) is 14.5. The number of nitrogens with one attached hydrogen (secondary N) is 2. The third-order valence-corrected chi connectivity index (χ3v) is 3.99. The van der Waals surface area contributed by atoms with Gasteiger partial charge in [0.05, 0.1) is 24.4 Å². The Hall–Kier alpha value is -3.61. The quantitative estimate of drug-likeness (QED) is 0.575. The van der Waals surface area contributed by atoms with Crippen molar-refractivity contribution in [2.24, 2.45) is 0 Å². The molecule has 0 saturated carbocycles. The molecule has 0 atom stereocenters. The van der Waals surface area contributed by atoms with Crippen LogP contribution in [-0.4, -0.2) is 33.9 Å². The first-order valence-electron chi connectivity index (χ1n) is 8.18. The number of rotatable bonds is 5. The number of fused-ring (bicyclic) bond motifs is 1. The SMILES string of the molecule is CNc1nc(Nc2cccc(OC)c2)c2cnn(-c3ccccc3)c2n1. The summed E-state index contributed by atoms with van der Waals surface area (Å²) in [6.07, 6.45) is 1.77. The molecule has 26 heavy (non-hydrogen) atoms. The van der Waals surface area contributed by atoms with E-state index < -0.39 is 0 Å². The van der Waals surface area contributed by atoms with Crippen LogP contribution >= 0.6 is 0 Å². The maximum Gasteiger partial charge on any atom is 0.226 e. The van der Waals surface area contributed by atoms with Crippen molar-refractivity contribution in [1.29, 1.82) is 0 Å². The molecule has 0 fully saturated rings. The van der Waals surface area contributed by atoms with E-state index in [-0.39, 0.29) is 0 Å². The molecule has 0 amide bonds. The minimum absolute atomic E-state index is 0.514. The molecule has 0 aliphatic heterocycles. The molecular formula is C19H18N6O. The lowest BCUT2D eigenvalue weighted by Crippen LogP contribution is -2.04. The summed E-state index contributed by atoms with van der Waals surface area (Å²) in [6.45, 7) is 0. The molecule has 130 valence electrons. The van der Waals surface area contributed by atoms with Crippen LogP contribution < -0.4 is 15.4 Å². The van der Waals surface area contributed by atoms with Crippen molar-refractivity contribution in [3.63, 3.8) is 0 Å². The van der Waals surface area contributed by atoms with Gasteiger partial charge >= 0.3 is 0 Å². The van der Waals surface area contributed by atoms with Crippen molar-refractivity contribution < 1.29 is 4.74 Å². The van der Waals surface area contributed by atoms with Crippen LogP contribution in [0.1, 0.15) is 0 Å². The van der Waals surface area contributed by atoms with Crippen LogP contribution in [0.25, 0.3) is 16.7 Å². The molecular weight excluding hydrogens is 328 g/mol. The highest BCUT2D eigenvalue weighted by atomic mass is 16.5. The van der Waals surface area contributed by atoms with E-state index in [1.165, 1.54) is 0 Å². The average Bonchev–Trinajstić information content (AvgIpc) is 3.13. The highest BCUT2D eigenvalue weighted by Gasteiger charge is 2.14. The lowest BCUT2D eigenvalue weighted by Gasteiger charge is -2.10. The Balaban J connectivity index is 1.83. The van der Waals surface area contributed by atoms with Crippen LogP contribution in [0.15, 0.2) is 60.8 Å². The predicted octanol–water partition coefficient (Wildman–Crippen LogP) is 3.61. The van der Waals surface area contributed by atoms with Gasteiger partial charge in [0.2, 0.25) is 5.95 Å². The average molecular weight is 346 g/mol. The number of hydrogen-bond acceptors (Lipinski definition) is 6. The zero-order valence-electron chi connectivity index (χ0n) is 14.5. The van der Waals surface area contributed by atoms with E-state index in [1.807, 2.05) is 54.6 Å². The van der Waals surface area contributed by atoms with E-state index in [1.54, 1.807) is 25.0 Å². The van der Waals surface area contributed by atoms with E-state index in [9.17, 15) is 0 Å². The standard InChI is InChI=1S/C19H18N6O/c1-20-19-23-17(22-13-7-6-10-15(11-13)26-2)16-12-21-25(18(16)24-19)14-8-4-3-5-9-14/h3-12H,1-2H3,(H2,20,22,23,24). The van der Waals surface area contributed by atoms with E-state index in [4.69, 9.17) is 4.74 Å². The van der Waals surface area contributed by atoms with Gasteiger partial charge < -0.3 is 15.4 Å². The van der Waals surface area contributed by atoms with Crippen LogP contribution in [0.3, 0.4) is 0 Å². The number of hydrogen-bond donors (Lipinski definition) is 2. The maximum absolute atomic E-state index is 5.29. The molecule has 7 nitrogen and oxygen atoms in total. The third-order valence-electron chi connectivity index (χ3n) is 3.99. The van der Waals surface area contributed by atoms with E-state index in [0.717, 1.165) is 28.2 Å². The Morgan fingerprint density at radius 2 is 1.85 bits per heavy atom. The van der Waals surface area contributed by atoms with Gasteiger partial charge in [0.15, 0.2) is 5.65 Å². The summed E-state index contributed by atoms with van der Waals surface area (Å²) in [5.41, 5.74) is 2.54. The zero-order chi connectivity index (χ0) is 17.9. The van der Waals surface area contributed by atoms with Crippen LogP contribution in [0.5, 0.6) is 5.75 Å². The topological polar surface area (TPSA) is 76.9 Å². The van der Waals surface area contributed by atoms with Crippen molar-refractivity contribution in [2.45, 2.75) is 0 Å². The van der Waals surface area contributed by atoms with Gasteiger partial charge in [-0.1, -0.05) is 24.3 Å². The van der Waals surface area contributed by atoms with Gasteiger partial charge in [-0.2, -0.15) is 15.1 Å². The van der Waals surface area contributed by atoms with Gasteiger partial charge in [-0.05, 0) is 24.3 Å². The number of nitrogens with zero attached hydrogens (tertiary/aromatic N) is 4. The molecule has 0 spiro atoms. The summed E-state index contributed by atoms with van der Waals surface area (Å²) in [6, 6.07) is 17.6. The molecule has 0 aliphatic carbocycles. The molecule has 0 bridgehead atoms. The second-order valence-electron chi connectivity index (χ2n) is 5.63. The first kappa shape index (κ1) is 15.9. The molecule has 0 aliphatic rings. The number of para-hydroxylation sites is 1. The monoisotopic (exact) mass is 346 g/mol. The lowest BCUT2D eigenvalue weighted by atomic mass is 10.3. The van der Waals surface area contributed by atoms with Gasteiger partial charge in [0, 0.05) is 18.8 Å². The molecule has 0 unspecified atom stereocenters. The number of methoxy groups -OCH3 is 1. The molecule has 2 heterocycles. The first-order chi connectivity index (χ1) is 12.8. The van der Waals surface area contributed by atoms with Crippen LogP contribution in [-0.2, 0) is 0 Å². The van der Waals surface area contributed by atoms with Crippen LogP contribution in [0.4, 0.5) is 17.5 Å². The lowest BCUT2D eigenvalue weighted by molar-refractivity contribution is 0.415. The smallest absolute Gasteiger partial charge is 0.226 e. The van der Waals surface area contributed by atoms with E-state index >= 15 is 0 Å². The normalized spacial score (nSPS) is 10.7. The summed E-state index contributed by atoms with van der Waals surface area (Å²) in [5, 5.41) is 11.7. The maximum atomic E-state index is 5.29. The second kappa shape index (κ2) is 6.72. The molecule has 2 aromatic carbocycles. The van der Waals surface area contributed by atoms with Crippen molar-refractivity contribution in [2.75, 3.05) is 24.8 Å². The van der Waals surface area contributed by atoms with Crippen molar-refractivity contribution >= 4 is 28.5 Å². The van der Waals surface area contributed by atoms with E-state index in [2.05, 4.69) is 25.7 Å². The Bertz CT molecular complexity index is 1040. The minimum Gasteiger partial charge on any atom is -0.497 e. The Kier molecular flexibility index (Phi) is 4.10. The molecule has 4 aromatic rings. The van der Waals surface area contributed by atoms with Crippen LogP contribution in [0, 0.1) is 0 Å². The molecule has 0 radical (unpaired) electrons. The predicted molar refractivity (Wildman–Crippen MR) is 102 cm³/mol. The highest BCUT2D eigenvalue weighted by Crippen LogP contribution is 2.28. The minimum atomic E-state index is 0.514. The summed E-state index contributed by atoms with van der Waals surface area (Å²) in [4.78, 5) is 9.13. The fourth-order valence-electron chi connectivity index (χ4n) is 2.71. The Morgan fingerprint density at radius 3 is 2.62 bits per heavy atom. The number of ether oxygens (including phenoxy) is 1. The van der Waals surface area contributed by atoms with Crippen molar-refractivity contribution in [1.82, 2.24) is 19.7 Å². The summed E-state index contributed by atoms with van der Waals surface area (Å²) >= 11 is 0. The number of benzene rings is 2. The first-order valence-corrected chi connectivity index (χ1v) is 8.18. The van der Waals surface area contributed by atoms with Crippen molar-refractivity contribution in [3.8, 4) is 11.4 Å². The molecule has 7 heteroatoms. The fraction of sp³-hybridized carbons (Fsp3) is 0.105. The van der Waals surface area contributed by atoms with Gasteiger partial charge in [0.25, 0.3) is 0 Å². The molecule has 4 rings (SSSR count). The fourth-order valence-corrected chi connectivity index (χ4v) is 2.71. The molecule has 2 aromatic heterocycles. The summed E-state index contributed by atoms with van der Waals surface area (Å²) in [5.74, 6) is 1.96. The summed E-state index contributed by atoms with van der Waals surface area (Å²) in [7, 11) is 3.44. The Labute approximate surface area is 150 Å². The Morgan fingerprint density at radius 1 is 1.00 bits per heavy atom. The van der Waals surface area contributed by atoms with Crippen molar-refractivity contribution in [3.05, 3.63) is 60.8 Å². The van der Waals surface area contributed by atoms with Gasteiger partial charge in [-0.3, -0.25) is 0 Å². The number of anilines is 3.